The fourth-order valence-electron chi connectivity index (χ4n) is 4.51. The van der Waals surface area contributed by atoms with Gasteiger partial charge in [0, 0.05) is 38.8 Å². The van der Waals surface area contributed by atoms with Crippen LogP contribution in [0.3, 0.4) is 0 Å². The van der Waals surface area contributed by atoms with Gasteiger partial charge in [0.1, 0.15) is 18.5 Å². The zero-order valence-corrected chi connectivity index (χ0v) is 19.2. The second-order valence-electron chi connectivity index (χ2n) is 8.81. The van der Waals surface area contributed by atoms with E-state index in [1.165, 1.54) is 19.3 Å². The normalized spacial score (nSPS) is 20.1. The van der Waals surface area contributed by atoms with E-state index >= 15 is 0 Å². The molecule has 1 amide bonds. The molecule has 2 heterocycles. The molecule has 1 aliphatic heterocycles. The number of aryl methyl sites for hydroxylation is 1. The molecule has 2 aromatic rings. The Hall–Kier alpha value is -1.74. The number of nitrogens with zero attached hydrogens (tertiary/aromatic N) is 3. The quantitative estimate of drug-likeness (QED) is 0.649. The van der Waals surface area contributed by atoms with Crippen LogP contribution < -0.4 is 10.1 Å². The molecule has 1 aliphatic carbocycles. The fourth-order valence-corrected chi connectivity index (χ4v) is 5.36. The second kappa shape index (κ2) is 10.7. The van der Waals surface area contributed by atoms with E-state index in [1.807, 2.05) is 25.1 Å². The molecule has 31 heavy (non-hydrogen) atoms. The van der Waals surface area contributed by atoms with Gasteiger partial charge < -0.3 is 15.2 Å². The van der Waals surface area contributed by atoms with Crippen molar-refractivity contribution >= 4 is 27.5 Å². The number of fused-ring (bicyclic) bond motifs is 1. The number of aliphatic hydroxyl groups is 1. The number of β-amino-alcohol motifs (C(OH)–C–C–N with tert-alkyl or cyclic N) is 1. The molecule has 2 N–H and O–H groups in total. The van der Waals surface area contributed by atoms with Gasteiger partial charge in [-0.05, 0) is 38.0 Å². The Kier molecular flexibility index (Phi) is 7.76. The van der Waals surface area contributed by atoms with Crippen molar-refractivity contribution in [1.82, 2.24) is 20.1 Å². The topological polar surface area (TPSA) is 77.9 Å². The van der Waals surface area contributed by atoms with Gasteiger partial charge >= 0.3 is 0 Å². The number of nitrogens with one attached hydrogen (secondary N) is 1. The van der Waals surface area contributed by atoms with Crippen LogP contribution in [-0.2, 0) is 4.79 Å². The maximum atomic E-state index is 12.3. The number of thiazole rings is 1. The minimum atomic E-state index is -0.542. The highest BCUT2D eigenvalue weighted by Crippen LogP contribution is 2.26. The van der Waals surface area contributed by atoms with Gasteiger partial charge in [0.25, 0.3) is 0 Å². The summed E-state index contributed by atoms with van der Waals surface area (Å²) < 4.78 is 6.92. The van der Waals surface area contributed by atoms with Crippen LogP contribution in [0.1, 0.15) is 37.1 Å². The number of piperazine rings is 1. The Morgan fingerprint density at radius 3 is 2.74 bits per heavy atom. The Morgan fingerprint density at radius 1 is 1.23 bits per heavy atom. The monoisotopic (exact) mass is 446 g/mol. The SMILES string of the molecule is Cc1nc2ccc(OCC(O)CN3CCN(CC(=O)NC4CCCCC4)CC3)cc2s1. The first-order valence-electron chi connectivity index (χ1n) is 11.5. The van der Waals surface area contributed by atoms with E-state index in [4.69, 9.17) is 4.74 Å². The molecular formula is C23H34N4O3S. The molecule has 0 radical (unpaired) electrons. The molecule has 0 spiro atoms. The minimum Gasteiger partial charge on any atom is -0.491 e. The summed E-state index contributed by atoms with van der Waals surface area (Å²) in [5.41, 5.74) is 0.987. The molecule has 1 unspecified atom stereocenters. The van der Waals surface area contributed by atoms with Crippen molar-refractivity contribution in [3.05, 3.63) is 23.2 Å². The van der Waals surface area contributed by atoms with Crippen LogP contribution >= 0.6 is 11.3 Å². The lowest BCUT2D eigenvalue weighted by Gasteiger charge is -2.35. The van der Waals surface area contributed by atoms with Crippen LogP contribution in [0.25, 0.3) is 10.2 Å². The zero-order valence-electron chi connectivity index (χ0n) is 18.4. The maximum Gasteiger partial charge on any atom is 0.234 e. The van der Waals surface area contributed by atoms with E-state index in [0.29, 0.717) is 19.1 Å². The third-order valence-electron chi connectivity index (χ3n) is 6.18. The third kappa shape index (κ3) is 6.62. The first-order valence-corrected chi connectivity index (χ1v) is 12.3. The van der Waals surface area contributed by atoms with Crippen LogP contribution in [0.2, 0.25) is 0 Å². The molecule has 8 heteroatoms. The lowest BCUT2D eigenvalue weighted by molar-refractivity contribution is -0.123. The molecule has 7 nitrogen and oxygen atoms in total. The summed E-state index contributed by atoms with van der Waals surface area (Å²) in [5.74, 6) is 0.922. The van der Waals surface area contributed by atoms with Gasteiger partial charge in [-0.2, -0.15) is 0 Å². The van der Waals surface area contributed by atoms with E-state index in [1.54, 1.807) is 11.3 Å². The van der Waals surface area contributed by atoms with Gasteiger partial charge in [-0.3, -0.25) is 14.6 Å². The van der Waals surface area contributed by atoms with E-state index < -0.39 is 6.10 Å². The Labute approximate surface area is 188 Å². The molecule has 2 aliphatic rings. The average Bonchev–Trinajstić information content (AvgIpc) is 3.13. The number of rotatable bonds is 8. The van der Waals surface area contributed by atoms with E-state index in [0.717, 1.165) is 60.0 Å². The van der Waals surface area contributed by atoms with Crippen molar-refractivity contribution in [3.8, 4) is 5.75 Å². The summed E-state index contributed by atoms with van der Waals surface area (Å²) in [6.07, 6.45) is 5.46. The average molecular weight is 447 g/mol. The lowest BCUT2D eigenvalue weighted by Crippen LogP contribution is -2.52. The minimum absolute atomic E-state index is 0.155. The number of carbonyl (C=O) groups excluding carboxylic acids is 1. The fraction of sp³-hybridized carbons (Fsp3) is 0.652. The van der Waals surface area contributed by atoms with Crippen LogP contribution in [0.15, 0.2) is 18.2 Å². The van der Waals surface area contributed by atoms with Crippen molar-refractivity contribution < 1.29 is 14.6 Å². The van der Waals surface area contributed by atoms with Gasteiger partial charge in [-0.25, -0.2) is 4.98 Å². The van der Waals surface area contributed by atoms with Crippen molar-refractivity contribution in [3.63, 3.8) is 0 Å². The Bertz CT molecular complexity index is 860. The summed E-state index contributed by atoms with van der Waals surface area (Å²) in [5, 5.41) is 14.7. The van der Waals surface area contributed by atoms with Gasteiger partial charge in [0.15, 0.2) is 0 Å². The van der Waals surface area contributed by atoms with Crippen molar-refractivity contribution in [2.24, 2.45) is 0 Å². The molecule has 0 bridgehead atoms. The van der Waals surface area contributed by atoms with Gasteiger partial charge in [0.05, 0.1) is 21.8 Å². The highest BCUT2D eigenvalue weighted by Gasteiger charge is 2.22. The number of amides is 1. The van der Waals surface area contributed by atoms with Gasteiger partial charge in [0.2, 0.25) is 5.91 Å². The number of benzene rings is 1. The highest BCUT2D eigenvalue weighted by atomic mass is 32.1. The molecule has 1 saturated heterocycles. The molecule has 1 aromatic heterocycles. The summed E-state index contributed by atoms with van der Waals surface area (Å²) in [6, 6.07) is 6.23. The number of aromatic nitrogens is 1. The number of ether oxygens (including phenoxy) is 1. The smallest absolute Gasteiger partial charge is 0.234 e. The summed E-state index contributed by atoms with van der Waals surface area (Å²) in [6.45, 7) is 6.77. The summed E-state index contributed by atoms with van der Waals surface area (Å²) in [4.78, 5) is 21.2. The van der Waals surface area contributed by atoms with Crippen LogP contribution in [-0.4, -0.2) is 83.8 Å². The van der Waals surface area contributed by atoms with E-state index in [9.17, 15) is 9.90 Å². The first kappa shape index (κ1) is 22.5. The zero-order chi connectivity index (χ0) is 21.6. The molecule has 2 fully saturated rings. The van der Waals surface area contributed by atoms with Crippen molar-refractivity contribution in [2.45, 2.75) is 51.2 Å². The number of aliphatic hydroxyl groups excluding tert-OH is 1. The standard InChI is InChI=1S/C23H34N4O3S/c1-17-24-21-8-7-20(13-22(21)31-17)30-16-19(28)14-26-9-11-27(12-10-26)15-23(29)25-18-5-3-2-4-6-18/h7-8,13,18-19,28H,2-6,9-12,14-16H2,1H3,(H,25,29). The lowest BCUT2D eigenvalue weighted by atomic mass is 9.95. The summed E-state index contributed by atoms with van der Waals surface area (Å²) in [7, 11) is 0. The molecule has 4 rings (SSSR count). The van der Waals surface area contributed by atoms with Gasteiger partial charge in [-0.15, -0.1) is 11.3 Å². The predicted molar refractivity (Wildman–Crippen MR) is 124 cm³/mol. The van der Waals surface area contributed by atoms with Crippen molar-refractivity contribution in [1.29, 1.82) is 0 Å². The largest absolute Gasteiger partial charge is 0.491 e. The van der Waals surface area contributed by atoms with Crippen LogP contribution in [0.5, 0.6) is 5.75 Å². The predicted octanol–water partition coefficient (Wildman–Crippen LogP) is 2.41. The summed E-state index contributed by atoms with van der Waals surface area (Å²) >= 11 is 1.65. The van der Waals surface area contributed by atoms with E-state index in [-0.39, 0.29) is 12.5 Å². The molecular weight excluding hydrogens is 412 g/mol. The highest BCUT2D eigenvalue weighted by molar-refractivity contribution is 7.18. The number of hydrogen-bond acceptors (Lipinski definition) is 7. The van der Waals surface area contributed by atoms with Crippen molar-refractivity contribution in [2.75, 3.05) is 45.9 Å². The third-order valence-corrected chi connectivity index (χ3v) is 7.11. The Morgan fingerprint density at radius 2 is 1.97 bits per heavy atom. The Balaban J connectivity index is 1.14. The van der Waals surface area contributed by atoms with Gasteiger partial charge in [-0.1, -0.05) is 19.3 Å². The first-order chi connectivity index (χ1) is 15.0. The number of carbonyl (C=O) groups is 1. The van der Waals surface area contributed by atoms with Crippen LogP contribution in [0, 0.1) is 6.92 Å². The van der Waals surface area contributed by atoms with Crippen LogP contribution in [0.4, 0.5) is 0 Å². The maximum absolute atomic E-state index is 12.3. The second-order valence-corrected chi connectivity index (χ2v) is 10.0. The molecule has 1 atom stereocenters. The molecule has 170 valence electrons. The molecule has 1 saturated carbocycles. The molecule has 1 aromatic carbocycles. The number of hydrogen-bond donors (Lipinski definition) is 2. The van der Waals surface area contributed by atoms with E-state index in [2.05, 4.69) is 20.1 Å².